The lowest BCUT2D eigenvalue weighted by Crippen LogP contribution is -2.28. The minimum Gasteiger partial charge on any atom is -0.748 e. The van der Waals surface area contributed by atoms with Gasteiger partial charge in [-0.3, -0.25) is 0 Å². The molecule has 3 aliphatic rings. The van der Waals surface area contributed by atoms with Gasteiger partial charge in [0.2, 0.25) is 5.69 Å². The SMILES string of the molecule is CC1(C)C(/C=C/C2=C(c3ccccc3)C(=C/C=C3/N(CCCCS(=O)(=O)[O-])c4ccc(S(=O)(=O)[O-])cc4C3(C)C)/CCC2)=[N+](CCCCS(=O)(=O)[O-])c2ccc(S(=O)(=O)[O-])cc21. The van der Waals surface area contributed by atoms with Gasteiger partial charge >= 0.3 is 0 Å². The summed E-state index contributed by atoms with van der Waals surface area (Å²) >= 11 is 0. The molecule has 0 unspecified atom stereocenters. The molecule has 2 heterocycles. The zero-order valence-corrected chi connectivity index (χ0v) is 38.1. The molecular formula is C44H49N2O12S4-3. The van der Waals surface area contributed by atoms with E-state index >= 15 is 0 Å². The molecule has 0 saturated carbocycles. The van der Waals surface area contributed by atoms with E-state index in [9.17, 15) is 51.9 Å². The van der Waals surface area contributed by atoms with E-state index in [1.807, 2.05) is 91.8 Å². The number of rotatable bonds is 16. The molecule has 0 N–H and O–H groups in total. The maximum absolute atomic E-state index is 12.1. The fourth-order valence-electron chi connectivity index (χ4n) is 8.79. The molecule has 0 atom stereocenters. The Hall–Kier alpha value is -4.27. The minimum atomic E-state index is -4.77. The van der Waals surface area contributed by atoms with Crippen LogP contribution in [0.3, 0.4) is 0 Å². The fraction of sp³-hybridized carbons (Fsp3) is 0.386. The standard InChI is InChI=1S/C44H52N2O12S4/c1-43(2)36-29-34(61(53,54)55)19-21-38(36)45(25-8-10-27-59(47,48)49)40(43)23-17-32-15-12-16-33(42(32)31-13-6-5-7-14-31)18-24-41-44(3,4)37-30-35(62(56,57)58)20-22-39(37)46(41)26-9-11-28-60(50,51)52/h5-7,13-14,17-24,29-30H,8-12,15-16,25-28H2,1-4H3,(H3-,47,48,49,50,51,52,53,54,55,56,57,58)/p-3. The molecule has 62 heavy (non-hydrogen) atoms. The smallest absolute Gasteiger partial charge is 0.209 e. The number of anilines is 1. The van der Waals surface area contributed by atoms with Crippen molar-refractivity contribution in [2.24, 2.45) is 0 Å². The van der Waals surface area contributed by atoms with E-state index in [1.165, 1.54) is 24.3 Å². The molecule has 0 amide bonds. The molecule has 2 aliphatic heterocycles. The van der Waals surface area contributed by atoms with Crippen molar-refractivity contribution in [2.75, 3.05) is 29.5 Å². The fourth-order valence-corrected chi connectivity index (χ4v) is 10.9. The Bertz CT molecular complexity index is 2880. The van der Waals surface area contributed by atoms with E-state index in [4.69, 9.17) is 0 Å². The van der Waals surface area contributed by atoms with Crippen LogP contribution in [0.2, 0.25) is 0 Å². The third-order valence-electron chi connectivity index (χ3n) is 11.8. The Morgan fingerprint density at radius 3 is 1.87 bits per heavy atom. The van der Waals surface area contributed by atoms with Gasteiger partial charge in [0, 0.05) is 59.0 Å². The number of unbranched alkanes of at least 4 members (excludes halogenated alkanes) is 2. The van der Waals surface area contributed by atoms with E-state index < -0.39 is 62.8 Å². The van der Waals surface area contributed by atoms with Crippen molar-refractivity contribution in [1.82, 2.24) is 0 Å². The van der Waals surface area contributed by atoms with Crippen molar-refractivity contribution in [1.29, 1.82) is 0 Å². The molecule has 0 saturated heterocycles. The predicted octanol–water partition coefficient (Wildman–Crippen LogP) is 6.32. The van der Waals surface area contributed by atoms with Crippen LogP contribution in [0.5, 0.6) is 0 Å². The summed E-state index contributed by atoms with van der Waals surface area (Å²) in [5, 5.41) is 0. The van der Waals surface area contributed by atoms with E-state index in [-0.39, 0.29) is 22.6 Å². The van der Waals surface area contributed by atoms with Gasteiger partial charge < -0.3 is 23.1 Å². The zero-order chi connectivity index (χ0) is 45.5. The molecule has 18 heteroatoms. The molecule has 0 aromatic heterocycles. The van der Waals surface area contributed by atoms with E-state index in [0.29, 0.717) is 61.3 Å². The average Bonchev–Trinajstić information content (AvgIpc) is 3.52. The first-order valence-electron chi connectivity index (χ1n) is 20.2. The summed E-state index contributed by atoms with van der Waals surface area (Å²) in [4.78, 5) is 1.24. The van der Waals surface area contributed by atoms with Crippen molar-refractivity contribution in [2.45, 2.75) is 93.3 Å². The molecule has 3 aromatic rings. The van der Waals surface area contributed by atoms with Crippen LogP contribution < -0.4 is 4.90 Å². The first kappa shape index (κ1) is 47.2. The molecular weight excluding hydrogens is 877 g/mol. The van der Waals surface area contributed by atoms with Gasteiger partial charge in [-0.1, -0.05) is 56.3 Å². The number of hydrogen-bond acceptors (Lipinski definition) is 13. The maximum atomic E-state index is 12.1. The summed E-state index contributed by atoms with van der Waals surface area (Å²) in [7, 11) is -18.4. The number of nitrogens with zero attached hydrogens (tertiary/aromatic N) is 2. The largest absolute Gasteiger partial charge is 0.748 e. The molecule has 0 radical (unpaired) electrons. The second kappa shape index (κ2) is 17.7. The third-order valence-corrected chi connectivity index (χ3v) is 15.1. The number of hydrogen-bond donors (Lipinski definition) is 0. The summed E-state index contributed by atoms with van der Waals surface area (Å²) in [6, 6.07) is 18.3. The summed E-state index contributed by atoms with van der Waals surface area (Å²) in [6.07, 6.45) is 11.1. The van der Waals surface area contributed by atoms with Crippen LogP contribution in [-0.4, -0.2) is 86.8 Å². The topological polar surface area (TPSA) is 235 Å². The van der Waals surface area contributed by atoms with Crippen LogP contribution in [0.25, 0.3) is 5.57 Å². The van der Waals surface area contributed by atoms with Gasteiger partial charge in [-0.05, 0) is 117 Å². The molecule has 14 nitrogen and oxygen atoms in total. The zero-order valence-electron chi connectivity index (χ0n) is 34.9. The lowest BCUT2D eigenvalue weighted by atomic mass is 9.79. The monoisotopic (exact) mass is 925 g/mol. The van der Waals surface area contributed by atoms with Crippen molar-refractivity contribution >= 4 is 63.1 Å². The lowest BCUT2D eigenvalue weighted by molar-refractivity contribution is -0.438. The summed E-state index contributed by atoms with van der Waals surface area (Å²) in [5.74, 6) is -1.05. The third kappa shape index (κ3) is 10.6. The Balaban J connectivity index is 1.46. The van der Waals surface area contributed by atoms with Gasteiger partial charge in [0.05, 0.1) is 35.4 Å². The normalized spacial score (nSPS) is 19.3. The second-order valence-corrected chi connectivity index (χ2v) is 22.6. The van der Waals surface area contributed by atoms with Crippen LogP contribution >= 0.6 is 0 Å². The Morgan fingerprint density at radius 1 is 0.661 bits per heavy atom. The molecule has 0 spiro atoms. The Labute approximate surface area is 365 Å². The van der Waals surface area contributed by atoms with Crippen molar-refractivity contribution < 1.29 is 56.5 Å². The van der Waals surface area contributed by atoms with Crippen molar-refractivity contribution in [3.05, 3.63) is 125 Å². The average molecular weight is 926 g/mol. The highest BCUT2D eigenvalue weighted by Crippen LogP contribution is 2.49. The lowest BCUT2D eigenvalue weighted by Gasteiger charge is -2.28. The summed E-state index contributed by atoms with van der Waals surface area (Å²) < 4.78 is 143. The first-order chi connectivity index (χ1) is 28.8. The van der Waals surface area contributed by atoms with Gasteiger partial charge in [-0.15, -0.1) is 0 Å². The number of benzene rings is 3. The van der Waals surface area contributed by atoms with Gasteiger partial charge in [-0.2, -0.15) is 4.58 Å². The summed E-state index contributed by atoms with van der Waals surface area (Å²) in [6.45, 7) is 8.32. The molecule has 334 valence electrons. The van der Waals surface area contributed by atoms with Crippen LogP contribution in [0, 0.1) is 0 Å². The van der Waals surface area contributed by atoms with E-state index in [0.717, 1.165) is 40.1 Å². The van der Waals surface area contributed by atoms with Crippen LogP contribution in [0.1, 0.15) is 89.3 Å². The van der Waals surface area contributed by atoms with Crippen LogP contribution in [0.15, 0.2) is 118 Å². The molecule has 0 bridgehead atoms. The molecule has 6 rings (SSSR count). The van der Waals surface area contributed by atoms with Gasteiger partial charge in [0.1, 0.15) is 26.8 Å². The van der Waals surface area contributed by atoms with Crippen LogP contribution in [0.4, 0.5) is 11.4 Å². The summed E-state index contributed by atoms with van der Waals surface area (Å²) in [5.41, 5.74) is 6.45. The molecule has 1 aliphatic carbocycles. The second-order valence-electron chi connectivity index (χ2n) is 16.8. The number of allylic oxidation sites excluding steroid dienone is 8. The predicted molar refractivity (Wildman–Crippen MR) is 232 cm³/mol. The first-order valence-corrected chi connectivity index (χ1v) is 26.1. The quantitative estimate of drug-likeness (QED) is 0.0870. The number of fused-ring (bicyclic) bond motifs is 2. The maximum Gasteiger partial charge on any atom is 0.209 e. The highest BCUT2D eigenvalue weighted by molar-refractivity contribution is 7.86. The Kier molecular flexibility index (Phi) is 13.5. The highest BCUT2D eigenvalue weighted by atomic mass is 32.2. The van der Waals surface area contributed by atoms with E-state index in [1.54, 1.807) is 12.1 Å². The van der Waals surface area contributed by atoms with Crippen molar-refractivity contribution in [3.8, 4) is 0 Å². The minimum absolute atomic E-state index is 0.120. The van der Waals surface area contributed by atoms with Crippen molar-refractivity contribution in [3.63, 3.8) is 0 Å². The van der Waals surface area contributed by atoms with E-state index in [2.05, 4.69) is 0 Å². The van der Waals surface area contributed by atoms with Gasteiger partial charge in [0.25, 0.3) is 0 Å². The van der Waals surface area contributed by atoms with Gasteiger partial charge in [-0.25, -0.2) is 33.7 Å². The highest BCUT2D eigenvalue weighted by Gasteiger charge is 2.45. The van der Waals surface area contributed by atoms with Gasteiger partial charge in [0.15, 0.2) is 5.71 Å². The molecule has 0 fully saturated rings. The molecule has 3 aromatic carbocycles. The van der Waals surface area contributed by atoms with Crippen LogP contribution in [-0.2, 0) is 51.3 Å². The Morgan fingerprint density at radius 2 is 1.26 bits per heavy atom.